The van der Waals surface area contributed by atoms with Crippen molar-refractivity contribution < 1.29 is 4.74 Å². The largest absolute Gasteiger partial charge is 0.379 e. The van der Waals surface area contributed by atoms with Crippen LogP contribution in [0.4, 0.5) is 5.82 Å². The molecule has 1 heterocycles. The van der Waals surface area contributed by atoms with Crippen LogP contribution in [0.15, 0.2) is 18.3 Å². The topological polar surface area (TPSA) is 34.2 Å². The van der Waals surface area contributed by atoms with Crippen molar-refractivity contribution in [3.63, 3.8) is 0 Å². The van der Waals surface area contributed by atoms with Crippen molar-refractivity contribution >= 4 is 5.82 Å². The molecule has 15 heavy (non-hydrogen) atoms. The van der Waals surface area contributed by atoms with Crippen LogP contribution >= 0.6 is 0 Å². The number of hydrogen-bond donors (Lipinski definition) is 1. The van der Waals surface area contributed by atoms with Gasteiger partial charge in [-0.05, 0) is 30.5 Å². The maximum atomic E-state index is 5.46. The number of anilines is 1. The molecule has 3 nitrogen and oxygen atoms in total. The Kier molecular flexibility index (Phi) is 5.12. The minimum atomic E-state index is 0.599. The fourth-order valence-corrected chi connectivity index (χ4v) is 1.20. The first kappa shape index (κ1) is 12.0. The average molecular weight is 208 g/mol. The zero-order chi connectivity index (χ0) is 11.1. The Morgan fingerprint density at radius 3 is 2.93 bits per heavy atom. The Hall–Kier alpha value is -1.09. The van der Waals surface area contributed by atoms with E-state index < -0.39 is 0 Å². The summed E-state index contributed by atoms with van der Waals surface area (Å²) in [5, 5.41) is 3.22. The lowest BCUT2D eigenvalue weighted by Gasteiger charge is -2.08. The van der Waals surface area contributed by atoms with E-state index in [1.807, 2.05) is 18.3 Å². The summed E-state index contributed by atoms with van der Waals surface area (Å²) < 4.78 is 5.46. The van der Waals surface area contributed by atoms with E-state index in [4.69, 9.17) is 4.74 Å². The third-order valence-corrected chi connectivity index (χ3v) is 1.92. The van der Waals surface area contributed by atoms with Gasteiger partial charge in [0, 0.05) is 19.3 Å². The number of rotatable bonds is 6. The number of aryl methyl sites for hydroxylation is 1. The molecule has 0 aliphatic heterocycles. The number of ether oxygens (including phenoxy) is 1. The number of hydrogen-bond acceptors (Lipinski definition) is 3. The lowest BCUT2D eigenvalue weighted by molar-refractivity contribution is 0.118. The molecule has 0 unspecified atom stereocenters. The molecule has 0 aliphatic carbocycles. The summed E-state index contributed by atoms with van der Waals surface area (Å²) in [5.74, 6) is 1.52. The van der Waals surface area contributed by atoms with Crippen molar-refractivity contribution in [3.05, 3.63) is 23.9 Å². The maximum absolute atomic E-state index is 5.46. The normalized spacial score (nSPS) is 10.7. The van der Waals surface area contributed by atoms with Gasteiger partial charge in [-0.25, -0.2) is 4.98 Å². The molecule has 0 radical (unpaired) electrons. The second kappa shape index (κ2) is 6.40. The zero-order valence-corrected chi connectivity index (χ0v) is 9.79. The molecule has 84 valence electrons. The first-order chi connectivity index (χ1) is 7.18. The van der Waals surface area contributed by atoms with Gasteiger partial charge in [-0.2, -0.15) is 0 Å². The van der Waals surface area contributed by atoms with Gasteiger partial charge in [0.1, 0.15) is 5.82 Å². The predicted molar refractivity (Wildman–Crippen MR) is 63.1 cm³/mol. The van der Waals surface area contributed by atoms with Crippen LogP contribution in [0, 0.1) is 12.8 Å². The van der Waals surface area contributed by atoms with Crippen LogP contribution in [0.25, 0.3) is 0 Å². The Balaban J connectivity index is 2.15. The second-order valence-electron chi connectivity index (χ2n) is 4.11. The van der Waals surface area contributed by atoms with Crippen molar-refractivity contribution in [2.45, 2.75) is 20.8 Å². The van der Waals surface area contributed by atoms with E-state index in [9.17, 15) is 0 Å². The van der Waals surface area contributed by atoms with E-state index >= 15 is 0 Å². The van der Waals surface area contributed by atoms with Gasteiger partial charge in [-0.15, -0.1) is 0 Å². The molecular formula is C12H20N2O. The van der Waals surface area contributed by atoms with Gasteiger partial charge < -0.3 is 10.1 Å². The molecule has 0 saturated heterocycles. The first-order valence-corrected chi connectivity index (χ1v) is 5.43. The lowest BCUT2D eigenvalue weighted by atomic mass is 10.2. The number of nitrogens with one attached hydrogen (secondary N) is 1. The van der Waals surface area contributed by atoms with Crippen molar-refractivity contribution in [2.24, 2.45) is 5.92 Å². The molecule has 1 N–H and O–H groups in total. The Morgan fingerprint density at radius 2 is 2.27 bits per heavy atom. The van der Waals surface area contributed by atoms with Gasteiger partial charge >= 0.3 is 0 Å². The molecule has 0 amide bonds. The predicted octanol–water partition coefficient (Wildman–Crippen LogP) is 2.47. The smallest absolute Gasteiger partial charge is 0.126 e. The van der Waals surface area contributed by atoms with Crippen molar-refractivity contribution in [1.82, 2.24) is 4.98 Å². The molecule has 0 bridgehead atoms. The van der Waals surface area contributed by atoms with Gasteiger partial charge in [0.2, 0.25) is 0 Å². The van der Waals surface area contributed by atoms with Crippen molar-refractivity contribution in [3.8, 4) is 0 Å². The molecule has 0 saturated carbocycles. The van der Waals surface area contributed by atoms with Gasteiger partial charge in [0.05, 0.1) is 6.61 Å². The summed E-state index contributed by atoms with van der Waals surface area (Å²) >= 11 is 0. The van der Waals surface area contributed by atoms with Crippen molar-refractivity contribution in [1.29, 1.82) is 0 Å². The van der Waals surface area contributed by atoms with Crippen LogP contribution in [0.5, 0.6) is 0 Å². The number of pyridine rings is 1. The van der Waals surface area contributed by atoms with E-state index in [0.717, 1.165) is 25.6 Å². The summed E-state index contributed by atoms with van der Waals surface area (Å²) in [6.07, 6.45) is 1.81. The van der Waals surface area contributed by atoms with E-state index in [2.05, 4.69) is 31.1 Å². The molecule has 0 atom stereocenters. The third kappa shape index (κ3) is 5.37. The lowest BCUT2D eigenvalue weighted by Crippen LogP contribution is -2.12. The average Bonchev–Trinajstić information content (AvgIpc) is 2.17. The highest BCUT2D eigenvalue weighted by atomic mass is 16.5. The maximum Gasteiger partial charge on any atom is 0.126 e. The second-order valence-corrected chi connectivity index (χ2v) is 4.11. The summed E-state index contributed by atoms with van der Waals surface area (Å²) in [5.41, 5.74) is 1.22. The molecule has 0 aromatic carbocycles. The molecular weight excluding hydrogens is 188 g/mol. The Morgan fingerprint density at radius 1 is 1.47 bits per heavy atom. The van der Waals surface area contributed by atoms with Crippen LogP contribution in [0.2, 0.25) is 0 Å². The Bertz CT molecular complexity index is 287. The van der Waals surface area contributed by atoms with E-state index in [1.165, 1.54) is 5.56 Å². The molecule has 1 aromatic rings. The van der Waals surface area contributed by atoms with Crippen molar-refractivity contribution in [2.75, 3.05) is 25.1 Å². The monoisotopic (exact) mass is 208 g/mol. The minimum Gasteiger partial charge on any atom is -0.379 e. The van der Waals surface area contributed by atoms with E-state index in [1.54, 1.807) is 0 Å². The van der Waals surface area contributed by atoms with Crippen LogP contribution in [-0.4, -0.2) is 24.7 Å². The molecule has 0 aliphatic rings. The van der Waals surface area contributed by atoms with E-state index in [-0.39, 0.29) is 0 Å². The molecule has 0 fully saturated rings. The van der Waals surface area contributed by atoms with Crippen LogP contribution in [-0.2, 0) is 4.74 Å². The number of nitrogens with zero attached hydrogens (tertiary/aromatic N) is 1. The third-order valence-electron chi connectivity index (χ3n) is 1.92. The first-order valence-electron chi connectivity index (χ1n) is 5.43. The van der Waals surface area contributed by atoms with Crippen LogP contribution in [0.3, 0.4) is 0 Å². The molecule has 0 spiro atoms. The quantitative estimate of drug-likeness (QED) is 0.729. The molecule has 3 heteroatoms. The summed E-state index contributed by atoms with van der Waals surface area (Å²) in [7, 11) is 0. The van der Waals surface area contributed by atoms with Gasteiger partial charge in [-0.3, -0.25) is 0 Å². The van der Waals surface area contributed by atoms with Gasteiger partial charge in [-0.1, -0.05) is 13.8 Å². The van der Waals surface area contributed by atoms with Crippen LogP contribution < -0.4 is 5.32 Å². The molecule has 1 rings (SSSR count). The highest BCUT2D eigenvalue weighted by Crippen LogP contribution is 2.04. The van der Waals surface area contributed by atoms with Gasteiger partial charge in [0.15, 0.2) is 0 Å². The number of aromatic nitrogens is 1. The highest BCUT2D eigenvalue weighted by Gasteiger charge is 1.95. The fourth-order valence-electron chi connectivity index (χ4n) is 1.20. The van der Waals surface area contributed by atoms with Crippen LogP contribution in [0.1, 0.15) is 19.4 Å². The summed E-state index contributed by atoms with van der Waals surface area (Å²) in [4.78, 5) is 4.21. The SMILES string of the molecule is Cc1ccnc(NCCOCC(C)C)c1. The summed E-state index contributed by atoms with van der Waals surface area (Å²) in [6.45, 7) is 8.72. The zero-order valence-electron chi connectivity index (χ0n) is 9.79. The molecule has 1 aromatic heterocycles. The summed E-state index contributed by atoms with van der Waals surface area (Å²) in [6, 6.07) is 4.02. The highest BCUT2D eigenvalue weighted by molar-refractivity contribution is 5.36. The minimum absolute atomic E-state index is 0.599. The van der Waals surface area contributed by atoms with Gasteiger partial charge in [0.25, 0.3) is 0 Å². The fraction of sp³-hybridized carbons (Fsp3) is 0.583. The van der Waals surface area contributed by atoms with E-state index in [0.29, 0.717) is 5.92 Å². The Labute approximate surface area is 91.9 Å². The standard InChI is InChI=1S/C12H20N2O/c1-10(2)9-15-7-6-14-12-8-11(3)4-5-13-12/h4-5,8,10H,6-7,9H2,1-3H3,(H,13,14).